The highest BCUT2D eigenvalue weighted by Crippen LogP contribution is 2.47. The van der Waals surface area contributed by atoms with Gasteiger partial charge in [-0.05, 0) is 80.2 Å². The summed E-state index contributed by atoms with van der Waals surface area (Å²) in [4.78, 5) is 11.2. The van der Waals surface area contributed by atoms with E-state index in [-0.39, 0.29) is 10.8 Å². The molecule has 0 aliphatic heterocycles. The summed E-state index contributed by atoms with van der Waals surface area (Å²) >= 11 is 2.29. The first-order valence-corrected chi connectivity index (χ1v) is 10.6. The zero-order valence-corrected chi connectivity index (χ0v) is 18.8. The number of benzene rings is 2. The van der Waals surface area contributed by atoms with Crippen LogP contribution in [0, 0.1) is 6.92 Å². The smallest absolute Gasteiger partial charge is 0.335 e. The van der Waals surface area contributed by atoms with E-state index in [1.807, 2.05) is 12.1 Å². The van der Waals surface area contributed by atoms with Gasteiger partial charge in [-0.3, -0.25) is 0 Å². The number of aryl methyl sites for hydroxylation is 1. The second-order valence-corrected chi connectivity index (χ2v) is 9.51. The molecule has 2 aromatic rings. The Hall–Kier alpha value is -1.62. The predicted molar refractivity (Wildman–Crippen MR) is 121 cm³/mol. The second kappa shape index (κ2) is 7.08. The highest BCUT2D eigenvalue weighted by Gasteiger charge is 2.37. The lowest BCUT2D eigenvalue weighted by Gasteiger charge is -2.42. The van der Waals surface area contributed by atoms with Crippen LogP contribution in [-0.4, -0.2) is 11.1 Å². The van der Waals surface area contributed by atoms with E-state index in [4.69, 9.17) is 5.11 Å². The standard InChI is InChI=1S/C24H27IO2/c1-15-12-20-21(24(4,5)11-10-23(20,2)3)13-18(15)19(14-25)16-6-8-17(9-7-16)22(26)27/h6-9,12-14H,10-11H2,1-5H3,(H,26,27). The monoisotopic (exact) mass is 474 g/mol. The Balaban J connectivity index is 2.15. The highest BCUT2D eigenvalue weighted by atomic mass is 127. The van der Waals surface area contributed by atoms with Crippen LogP contribution in [-0.2, 0) is 10.8 Å². The van der Waals surface area contributed by atoms with Crippen molar-refractivity contribution >= 4 is 34.1 Å². The Kier molecular flexibility index (Phi) is 5.28. The molecule has 0 atom stereocenters. The summed E-state index contributed by atoms with van der Waals surface area (Å²) in [6.07, 6.45) is 2.39. The van der Waals surface area contributed by atoms with Gasteiger partial charge in [-0.2, -0.15) is 0 Å². The number of halogens is 1. The summed E-state index contributed by atoms with van der Waals surface area (Å²) in [7, 11) is 0. The molecule has 0 amide bonds. The van der Waals surface area contributed by atoms with Crippen LogP contribution in [0.2, 0.25) is 0 Å². The number of hydrogen-bond acceptors (Lipinski definition) is 1. The first-order chi connectivity index (χ1) is 12.6. The second-order valence-electron chi connectivity index (χ2n) is 8.89. The third-order valence-corrected chi connectivity index (χ3v) is 6.66. The Morgan fingerprint density at radius 1 is 0.963 bits per heavy atom. The van der Waals surface area contributed by atoms with Crippen molar-refractivity contribution in [3.05, 3.63) is 73.9 Å². The van der Waals surface area contributed by atoms with Crippen molar-refractivity contribution in [2.24, 2.45) is 0 Å². The molecule has 1 N–H and O–H groups in total. The van der Waals surface area contributed by atoms with E-state index in [0.29, 0.717) is 5.56 Å². The van der Waals surface area contributed by atoms with Crippen LogP contribution in [0.5, 0.6) is 0 Å². The van der Waals surface area contributed by atoms with Crippen LogP contribution in [0.1, 0.15) is 78.7 Å². The fourth-order valence-electron chi connectivity index (χ4n) is 4.08. The topological polar surface area (TPSA) is 37.3 Å². The molecule has 3 heteroatoms. The molecule has 0 heterocycles. The molecule has 0 aromatic heterocycles. The third-order valence-electron chi connectivity index (χ3n) is 6.04. The molecular formula is C24H27IO2. The molecular weight excluding hydrogens is 447 g/mol. The minimum Gasteiger partial charge on any atom is -0.478 e. The summed E-state index contributed by atoms with van der Waals surface area (Å²) in [5.74, 6) is -0.893. The van der Waals surface area contributed by atoms with E-state index >= 15 is 0 Å². The maximum atomic E-state index is 11.2. The maximum absolute atomic E-state index is 11.2. The molecule has 0 spiro atoms. The van der Waals surface area contributed by atoms with Gasteiger partial charge in [0.25, 0.3) is 0 Å². The lowest BCUT2D eigenvalue weighted by molar-refractivity contribution is 0.0697. The number of aromatic carboxylic acids is 1. The Labute approximate surface area is 175 Å². The zero-order valence-electron chi connectivity index (χ0n) is 16.7. The maximum Gasteiger partial charge on any atom is 0.335 e. The number of carbonyl (C=O) groups is 1. The van der Waals surface area contributed by atoms with E-state index in [0.717, 1.165) is 11.1 Å². The number of carboxylic acids is 1. The van der Waals surface area contributed by atoms with Gasteiger partial charge < -0.3 is 5.11 Å². The Morgan fingerprint density at radius 2 is 1.44 bits per heavy atom. The van der Waals surface area contributed by atoms with Crippen molar-refractivity contribution in [2.75, 3.05) is 0 Å². The summed E-state index contributed by atoms with van der Waals surface area (Å²) < 4.78 is 2.10. The van der Waals surface area contributed by atoms with Gasteiger partial charge in [0.15, 0.2) is 0 Å². The van der Waals surface area contributed by atoms with Crippen LogP contribution in [0.4, 0.5) is 0 Å². The highest BCUT2D eigenvalue weighted by molar-refractivity contribution is 14.1. The normalized spacial score (nSPS) is 18.1. The van der Waals surface area contributed by atoms with Crippen LogP contribution in [0.15, 0.2) is 40.5 Å². The van der Waals surface area contributed by atoms with Crippen LogP contribution in [0.25, 0.3) is 5.57 Å². The summed E-state index contributed by atoms with van der Waals surface area (Å²) in [6.45, 7) is 11.6. The number of fused-ring (bicyclic) bond motifs is 1. The molecule has 2 aromatic carbocycles. The fraction of sp³-hybridized carbons (Fsp3) is 0.375. The molecule has 0 saturated carbocycles. The van der Waals surface area contributed by atoms with Gasteiger partial charge >= 0.3 is 5.97 Å². The molecule has 0 saturated heterocycles. The quantitative estimate of drug-likeness (QED) is 0.493. The van der Waals surface area contributed by atoms with Gasteiger partial charge in [0.1, 0.15) is 0 Å². The minimum absolute atomic E-state index is 0.164. The van der Waals surface area contributed by atoms with Crippen molar-refractivity contribution in [1.29, 1.82) is 0 Å². The average molecular weight is 474 g/mol. The van der Waals surface area contributed by atoms with Gasteiger partial charge in [0.2, 0.25) is 0 Å². The molecule has 3 rings (SSSR count). The molecule has 0 fully saturated rings. The van der Waals surface area contributed by atoms with Crippen molar-refractivity contribution in [3.63, 3.8) is 0 Å². The molecule has 0 unspecified atom stereocenters. The first-order valence-electron chi connectivity index (χ1n) is 9.37. The van der Waals surface area contributed by atoms with Crippen LogP contribution < -0.4 is 0 Å². The number of hydrogen-bond donors (Lipinski definition) is 1. The number of rotatable bonds is 3. The molecule has 142 valence electrons. The Morgan fingerprint density at radius 3 is 1.93 bits per heavy atom. The largest absolute Gasteiger partial charge is 0.478 e. The molecule has 0 radical (unpaired) electrons. The molecule has 27 heavy (non-hydrogen) atoms. The number of carboxylic acid groups (broad SMARTS) is 1. The van der Waals surface area contributed by atoms with Gasteiger partial charge in [-0.25, -0.2) is 4.79 Å². The van der Waals surface area contributed by atoms with E-state index < -0.39 is 5.97 Å². The van der Waals surface area contributed by atoms with Crippen molar-refractivity contribution in [2.45, 2.75) is 58.3 Å². The predicted octanol–water partition coefficient (Wildman–Crippen LogP) is 6.87. The summed E-state index contributed by atoms with van der Waals surface area (Å²) in [6, 6.07) is 11.9. The SMILES string of the molecule is Cc1cc2c(cc1C(=CI)c1ccc(C(=O)O)cc1)C(C)(C)CCC2(C)C. The average Bonchev–Trinajstić information content (AvgIpc) is 2.61. The zero-order chi connectivity index (χ0) is 20.0. The third kappa shape index (κ3) is 3.71. The van der Waals surface area contributed by atoms with Crippen LogP contribution in [0.3, 0.4) is 0 Å². The van der Waals surface area contributed by atoms with Crippen molar-refractivity contribution in [1.82, 2.24) is 0 Å². The van der Waals surface area contributed by atoms with E-state index in [1.165, 1.54) is 35.1 Å². The first kappa shape index (κ1) is 20.1. The molecule has 1 aliphatic rings. The van der Waals surface area contributed by atoms with Gasteiger partial charge in [0, 0.05) is 0 Å². The van der Waals surface area contributed by atoms with E-state index in [9.17, 15) is 4.79 Å². The van der Waals surface area contributed by atoms with E-state index in [1.54, 1.807) is 12.1 Å². The van der Waals surface area contributed by atoms with E-state index in [2.05, 4.69) is 73.4 Å². The molecule has 1 aliphatic carbocycles. The molecule has 0 bridgehead atoms. The Bertz CT molecular complexity index is 918. The lowest BCUT2D eigenvalue weighted by Crippen LogP contribution is -2.34. The van der Waals surface area contributed by atoms with Crippen LogP contribution >= 0.6 is 22.6 Å². The summed E-state index contributed by atoms with van der Waals surface area (Å²) in [5, 5.41) is 9.16. The van der Waals surface area contributed by atoms with Gasteiger partial charge in [-0.1, -0.05) is 74.6 Å². The van der Waals surface area contributed by atoms with Gasteiger partial charge in [0.05, 0.1) is 5.56 Å². The van der Waals surface area contributed by atoms with Crippen molar-refractivity contribution < 1.29 is 9.90 Å². The fourth-order valence-corrected chi connectivity index (χ4v) is 4.78. The molecule has 2 nitrogen and oxygen atoms in total. The van der Waals surface area contributed by atoms with Gasteiger partial charge in [-0.15, -0.1) is 0 Å². The summed E-state index contributed by atoms with van der Waals surface area (Å²) in [5.41, 5.74) is 8.28. The van der Waals surface area contributed by atoms with Crippen molar-refractivity contribution in [3.8, 4) is 0 Å². The lowest BCUT2D eigenvalue weighted by atomic mass is 9.62. The minimum atomic E-state index is -0.893.